The Bertz CT molecular complexity index is 1160. The Morgan fingerprint density at radius 2 is 2.06 bits per heavy atom. The van der Waals surface area contributed by atoms with Gasteiger partial charge in [0.15, 0.2) is 6.61 Å². The number of alkyl halides is 3. The van der Waals surface area contributed by atoms with E-state index in [-0.39, 0.29) is 23.8 Å². The molecule has 1 aliphatic heterocycles. The molecule has 0 bridgehead atoms. The fraction of sp³-hybridized carbons (Fsp3) is 0.190. The molecule has 10 heteroatoms. The van der Waals surface area contributed by atoms with Gasteiger partial charge in [0.05, 0.1) is 17.3 Å². The van der Waals surface area contributed by atoms with Gasteiger partial charge in [0.1, 0.15) is 16.5 Å². The molecule has 2 N–H and O–H groups in total. The van der Waals surface area contributed by atoms with E-state index < -0.39 is 23.7 Å². The lowest BCUT2D eigenvalue weighted by Gasteiger charge is -2.20. The maximum absolute atomic E-state index is 12.9. The van der Waals surface area contributed by atoms with Crippen LogP contribution in [0.4, 0.5) is 18.9 Å². The summed E-state index contributed by atoms with van der Waals surface area (Å²) in [5.41, 5.74) is 0.890. The summed E-state index contributed by atoms with van der Waals surface area (Å²) in [5.74, 6) is -0.168. The zero-order chi connectivity index (χ0) is 22.2. The molecule has 31 heavy (non-hydrogen) atoms. The smallest absolute Gasteiger partial charge is 0.416 e. The molecule has 0 radical (unpaired) electrons. The highest BCUT2D eigenvalue weighted by Crippen LogP contribution is 2.33. The predicted octanol–water partition coefficient (Wildman–Crippen LogP) is 4.65. The summed E-state index contributed by atoms with van der Waals surface area (Å²) in [6, 6.07) is 9.60. The van der Waals surface area contributed by atoms with E-state index in [9.17, 15) is 22.8 Å². The number of hydrogen-bond acceptors (Lipinski definition) is 5. The molecule has 0 spiro atoms. The molecule has 2 amide bonds. The maximum atomic E-state index is 12.9. The molecule has 0 aliphatic carbocycles. The van der Waals surface area contributed by atoms with E-state index in [1.807, 2.05) is 0 Å². The highest BCUT2D eigenvalue weighted by molar-refractivity contribution is 7.13. The molecule has 2 heterocycles. The lowest BCUT2D eigenvalue weighted by atomic mass is 10.1. The number of amides is 2. The molecule has 6 nitrogen and oxygen atoms in total. The summed E-state index contributed by atoms with van der Waals surface area (Å²) in [5, 5.41) is 7.33. The van der Waals surface area contributed by atoms with Gasteiger partial charge in [-0.25, -0.2) is 4.98 Å². The number of carbonyl (C=O) groups is 2. The molecule has 1 aliphatic rings. The number of rotatable bonds is 4. The van der Waals surface area contributed by atoms with Crippen LogP contribution >= 0.6 is 11.3 Å². The average Bonchev–Trinajstić information content (AvgIpc) is 3.23. The van der Waals surface area contributed by atoms with E-state index >= 15 is 0 Å². The Kier molecular flexibility index (Phi) is 5.40. The Hall–Kier alpha value is -3.40. The second-order valence-corrected chi connectivity index (χ2v) is 7.76. The number of halogens is 3. The van der Waals surface area contributed by atoms with Crippen molar-refractivity contribution in [3.05, 3.63) is 64.7 Å². The molecule has 4 rings (SSSR count). The van der Waals surface area contributed by atoms with Crippen molar-refractivity contribution >= 4 is 28.8 Å². The fourth-order valence-electron chi connectivity index (χ4n) is 3.06. The van der Waals surface area contributed by atoms with Gasteiger partial charge in [0.2, 0.25) is 0 Å². The largest absolute Gasteiger partial charge is 0.482 e. The van der Waals surface area contributed by atoms with Crippen LogP contribution in [0, 0.1) is 0 Å². The third-order valence-electron chi connectivity index (χ3n) is 4.66. The summed E-state index contributed by atoms with van der Waals surface area (Å²) in [7, 11) is 0. The first-order chi connectivity index (χ1) is 14.7. The molecular weight excluding hydrogens is 431 g/mol. The molecule has 1 atom stereocenters. The molecule has 1 unspecified atom stereocenters. The van der Waals surface area contributed by atoms with Crippen LogP contribution in [0.2, 0.25) is 0 Å². The summed E-state index contributed by atoms with van der Waals surface area (Å²) in [4.78, 5) is 28.3. The van der Waals surface area contributed by atoms with Crippen molar-refractivity contribution in [2.24, 2.45) is 0 Å². The van der Waals surface area contributed by atoms with Crippen molar-refractivity contribution < 1.29 is 27.5 Å². The molecule has 2 aromatic carbocycles. The Morgan fingerprint density at radius 1 is 1.26 bits per heavy atom. The first-order valence-electron chi connectivity index (χ1n) is 9.21. The number of nitrogens with zero attached hydrogens (tertiary/aromatic N) is 1. The van der Waals surface area contributed by atoms with Gasteiger partial charge in [-0.2, -0.15) is 13.2 Å². The third kappa shape index (κ3) is 4.53. The first-order valence-corrected chi connectivity index (χ1v) is 10.1. The number of benzene rings is 2. The zero-order valence-electron chi connectivity index (χ0n) is 16.1. The number of aromatic nitrogens is 1. The van der Waals surface area contributed by atoms with Gasteiger partial charge in [-0.05, 0) is 36.8 Å². The molecule has 0 fully saturated rings. The molecule has 160 valence electrons. The van der Waals surface area contributed by atoms with Gasteiger partial charge in [-0.15, -0.1) is 11.3 Å². The quantitative estimate of drug-likeness (QED) is 0.610. The lowest BCUT2D eigenvalue weighted by molar-refractivity contribution is -0.137. The summed E-state index contributed by atoms with van der Waals surface area (Å²) in [6.07, 6.45) is -4.46. The minimum atomic E-state index is -4.46. The van der Waals surface area contributed by atoms with E-state index in [1.54, 1.807) is 25.1 Å². The highest BCUT2D eigenvalue weighted by atomic mass is 32.1. The number of fused-ring (bicyclic) bond motifs is 1. The van der Waals surface area contributed by atoms with Crippen LogP contribution in [0.25, 0.3) is 10.6 Å². The van der Waals surface area contributed by atoms with E-state index in [4.69, 9.17) is 4.74 Å². The summed E-state index contributed by atoms with van der Waals surface area (Å²) < 4.78 is 44.1. The number of nitrogens with one attached hydrogen (secondary N) is 2. The van der Waals surface area contributed by atoms with Crippen molar-refractivity contribution in [3.8, 4) is 16.3 Å². The predicted molar refractivity (Wildman–Crippen MR) is 109 cm³/mol. The number of ether oxygens (including phenoxy) is 1. The van der Waals surface area contributed by atoms with Gasteiger partial charge in [-0.3, -0.25) is 9.59 Å². The third-order valence-corrected chi connectivity index (χ3v) is 5.55. The van der Waals surface area contributed by atoms with Crippen LogP contribution in [-0.4, -0.2) is 23.4 Å². The molecule has 0 saturated carbocycles. The SMILES string of the molecule is CC(NC(=O)c1csc(-c2cccc(C(F)(F)F)c2)n1)c1ccc2c(c1)NC(=O)CO2. The minimum Gasteiger partial charge on any atom is -0.482 e. The van der Waals surface area contributed by atoms with E-state index in [1.165, 1.54) is 17.5 Å². The van der Waals surface area contributed by atoms with Gasteiger partial charge in [0, 0.05) is 10.9 Å². The Balaban J connectivity index is 1.48. The monoisotopic (exact) mass is 447 g/mol. The molecule has 1 aromatic heterocycles. The van der Waals surface area contributed by atoms with Crippen LogP contribution in [0.5, 0.6) is 5.75 Å². The normalized spacial score (nSPS) is 14.3. The molecular formula is C21H16F3N3O3S. The van der Waals surface area contributed by atoms with Crippen molar-refractivity contribution in [1.82, 2.24) is 10.3 Å². The van der Waals surface area contributed by atoms with Crippen LogP contribution in [-0.2, 0) is 11.0 Å². The number of thiazole rings is 1. The fourth-order valence-corrected chi connectivity index (χ4v) is 3.86. The van der Waals surface area contributed by atoms with Crippen molar-refractivity contribution in [1.29, 1.82) is 0 Å². The Morgan fingerprint density at radius 3 is 2.84 bits per heavy atom. The van der Waals surface area contributed by atoms with Crippen LogP contribution in [0.15, 0.2) is 47.8 Å². The lowest BCUT2D eigenvalue weighted by Crippen LogP contribution is -2.28. The first kappa shape index (κ1) is 20.9. The van der Waals surface area contributed by atoms with E-state index in [2.05, 4.69) is 15.6 Å². The van der Waals surface area contributed by atoms with Crippen LogP contribution in [0.3, 0.4) is 0 Å². The zero-order valence-corrected chi connectivity index (χ0v) is 16.9. The van der Waals surface area contributed by atoms with Gasteiger partial charge in [-0.1, -0.05) is 18.2 Å². The van der Waals surface area contributed by atoms with Gasteiger partial charge in [0.25, 0.3) is 11.8 Å². The second kappa shape index (κ2) is 8.03. The van der Waals surface area contributed by atoms with E-state index in [0.29, 0.717) is 16.4 Å². The van der Waals surface area contributed by atoms with Crippen molar-refractivity contribution in [2.45, 2.75) is 19.1 Å². The number of anilines is 1. The maximum Gasteiger partial charge on any atom is 0.416 e. The molecule has 3 aromatic rings. The van der Waals surface area contributed by atoms with Crippen LogP contribution < -0.4 is 15.4 Å². The second-order valence-electron chi connectivity index (χ2n) is 6.90. The number of carbonyl (C=O) groups excluding carboxylic acids is 2. The number of hydrogen-bond donors (Lipinski definition) is 2. The van der Waals surface area contributed by atoms with Crippen molar-refractivity contribution in [3.63, 3.8) is 0 Å². The van der Waals surface area contributed by atoms with E-state index in [0.717, 1.165) is 29.0 Å². The topological polar surface area (TPSA) is 80.3 Å². The Labute approximate surface area is 179 Å². The standard InChI is InChI=1S/C21H16F3N3O3S/c1-11(12-5-6-17-15(8-12)26-18(28)9-30-17)25-19(29)16-10-31-20(27-16)13-3-2-4-14(7-13)21(22,23)24/h2-8,10-11H,9H2,1H3,(H,25,29)(H,26,28). The molecule has 0 saturated heterocycles. The minimum absolute atomic E-state index is 0.0450. The van der Waals surface area contributed by atoms with Gasteiger partial charge < -0.3 is 15.4 Å². The highest BCUT2D eigenvalue weighted by Gasteiger charge is 2.30. The van der Waals surface area contributed by atoms with Crippen LogP contribution in [0.1, 0.15) is 34.6 Å². The van der Waals surface area contributed by atoms with Crippen molar-refractivity contribution in [2.75, 3.05) is 11.9 Å². The van der Waals surface area contributed by atoms with Gasteiger partial charge >= 0.3 is 6.18 Å². The summed E-state index contributed by atoms with van der Waals surface area (Å²) in [6.45, 7) is 1.72. The average molecular weight is 447 g/mol. The summed E-state index contributed by atoms with van der Waals surface area (Å²) >= 11 is 1.09.